The molecule has 0 saturated heterocycles. The van der Waals surface area contributed by atoms with Gasteiger partial charge in [0.25, 0.3) is 0 Å². The monoisotopic (exact) mass is 156 g/mol. The summed E-state index contributed by atoms with van der Waals surface area (Å²) in [5.41, 5.74) is 1.43. The van der Waals surface area contributed by atoms with Gasteiger partial charge in [-0.2, -0.15) is 0 Å². The Balaban J connectivity index is 3.25. The summed E-state index contributed by atoms with van der Waals surface area (Å²) in [5, 5.41) is 0. The summed E-state index contributed by atoms with van der Waals surface area (Å²) in [5.74, 6) is -0.292. The summed E-state index contributed by atoms with van der Waals surface area (Å²) in [6.45, 7) is 2.67. The number of aryl methyl sites for hydroxylation is 1. The molecule has 0 heterocycles. The van der Waals surface area contributed by atoms with Crippen LogP contribution in [0.3, 0.4) is 0 Å². The lowest BCUT2D eigenvalue weighted by atomic mass is 10.1. The zero-order valence-corrected chi connectivity index (χ0v) is 6.62. The van der Waals surface area contributed by atoms with Crippen LogP contribution in [0.25, 0.3) is 0 Å². The van der Waals surface area contributed by atoms with E-state index in [4.69, 9.17) is 0 Å². The topological polar surface area (TPSA) is 0 Å². The van der Waals surface area contributed by atoms with Gasteiger partial charge in [0, 0.05) is 0 Å². The van der Waals surface area contributed by atoms with Gasteiger partial charge in [-0.25, -0.2) is 8.78 Å². The maximum atomic E-state index is 13.0. The van der Waals surface area contributed by atoms with E-state index in [9.17, 15) is 8.78 Å². The van der Waals surface area contributed by atoms with Crippen molar-refractivity contribution < 1.29 is 8.78 Å². The molecule has 0 N–H and O–H groups in total. The molecule has 0 saturated carbocycles. The molecule has 0 aliphatic carbocycles. The second kappa shape index (κ2) is 2.99. The fourth-order valence-electron chi connectivity index (χ4n) is 1.01. The summed E-state index contributed by atoms with van der Waals surface area (Å²) in [6, 6.07) is 3.21. The molecule has 2 heteroatoms. The number of hydrogen-bond donors (Lipinski definition) is 0. The lowest BCUT2D eigenvalue weighted by Gasteiger charge is -2.04. The number of rotatable bonds is 1. The smallest absolute Gasteiger partial charge is 0.129 e. The van der Waals surface area contributed by atoms with E-state index in [1.54, 1.807) is 26.0 Å². The Morgan fingerprint density at radius 1 is 1.27 bits per heavy atom. The summed E-state index contributed by atoms with van der Waals surface area (Å²) < 4.78 is 25.1. The third-order valence-corrected chi connectivity index (χ3v) is 1.84. The van der Waals surface area contributed by atoms with E-state index in [0.717, 1.165) is 0 Å². The van der Waals surface area contributed by atoms with Crippen LogP contribution in [0, 0.1) is 19.7 Å². The Bertz CT molecular complexity index is 267. The molecule has 0 unspecified atom stereocenters. The Kier molecular flexibility index (Phi) is 2.22. The molecule has 0 radical (unpaired) electrons. The molecule has 0 amide bonds. The molecule has 0 bridgehead atoms. The fraction of sp³-hybridized carbons (Fsp3) is 0.333. The van der Waals surface area contributed by atoms with Crippen LogP contribution in [-0.4, -0.2) is 0 Å². The van der Waals surface area contributed by atoms with Crippen molar-refractivity contribution in [2.45, 2.75) is 20.5 Å². The number of halogens is 2. The van der Waals surface area contributed by atoms with Gasteiger partial charge in [-0.15, -0.1) is 0 Å². The van der Waals surface area contributed by atoms with E-state index >= 15 is 0 Å². The van der Waals surface area contributed by atoms with Crippen molar-refractivity contribution >= 4 is 0 Å². The lowest BCUT2D eigenvalue weighted by molar-refractivity contribution is 0.479. The van der Waals surface area contributed by atoms with Crippen molar-refractivity contribution in [1.82, 2.24) is 0 Å². The average molecular weight is 156 g/mol. The predicted molar refractivity (Wildman–Crippen MR) is 40.7 cm³/mol. The first-order chi connectivity index (χ1) is 5.16. The molecule has 0 spiro atoms. The summed E-state index contributed by atoms with van der Waals surface area (Å²) >= 11 is 0. The maximum Gasteiger partial charge on any atom is 0.129 e. The number of hydrogen-bond acceptors (Lipinski definition) is 0. The minimum absolute atomic E-state index is 0.292. The van der Waals surface area contributed by atoms with Crippen LogP contribution < -0.4 is 0 Å². The zero-order chi connectivity index (χ0) is 8.43. The summed E-state index contributed by atoms with van der Waals surface area (Å²) in [7, 11) is 0. The highest BCUT2D eigenvalue weighted by Gasteiger charge is 2.05. The Hall–Kier alpha value is -0.920. The van der Waals surface area contributed by atoms with Crippen molar-refractivity contribution in [1.29, 1.82) is 0 Å². The predicted octanol–water partition coefficient (Wildman–Crippen LogP) is 2.91. The fourth-order valence-corrected chi connectivity index (χ4v) is 1.01. The number of alkyl halides is 1. The normalized spacial score (nSPS) is 10.2. The van der Waals surface area contributed by atoms with Crippen LogP contribution in [-0.2, 0) is 6.67 Å². The number of benzene rings is 1. The van der Waals surface area contributed by atoms with E-state index in [-0.39, 0.29) is 5.82 Å². The molecule has 0 aliphatic rings. The van der Waals surface area contributed by atoms with E-state index in [1.807, 2.05) is 0 Å². The molecular formula is C9H10F2. The molecule has 1 aromatic rings. The highest BCUT2D eigenvalue weighted by Crippen LogP contribution is 2.16. The quantitative estimate of drug-likeness (QED) is 0.586. The Labute approximate surface area is 64.9 Å². The van der Waals surface area contributed by atoms with Gasteiger partial charge in [0.05, 0.1) is 0 Å². The van der Waals surface area contributed by atoms with E-state index in [0.29, 0.717) is 16.7 Å². The zero-order valence-electron chi connectivity index (χ0n) is 6.62. The van der Waals surface area contributed by atoms with Crippen molar-refractivity contribution in [2.24, 2.45) is 0 Å². The van der Waals surface area contributed by atoms with Crippen molar-refractivity contribution in [3.63, 3.8) is 0 Å². The first-order valence-corrected chi connectivity index (χ1v) is 3.47. The van der Waals surface area contributed by atoms with Crippen LogP contribution in [0.4, 0.5) is 8.78 Å². The van der Waals surface area contributed by atoms with E-state index < -0.39 is 6.67 Å². The second-order valence-electron chi connectivity index (χ2n) is 2.61. The first kappa shape index (κ1) is 8.18. The van der Waals surface area contributed by atoms with Crippen LogP contribution in [0.5, 0.6) is 0 Å². The van der Waals surface area contributed by atoms with Gasteiger partial charge in [-0.1, -0.05) is 12.1 Å². The second-order valence-corrected chi connectivity index (χ2v) is 2.61. The van der Waals surface area contributed by atoms with Gasteiger partial charge in [-0.05, 0) is 30.5 Å². The molecule has 11 heavy (non-hydrogen) atoms. The van der Waals surface area contributed by atoms with Gasteiger partial charge >= 0.3 is 0 Å². The Morgan fingerprint density at radius 2 is 1.91 bits per heavy atom. The highest BCUT2D eigenvalue weighted by atomic mass is 19.1. The van der Waals surface area contributed by atoms with Gasteiger partial charge in [0.1, 0.15) is 12.5 Å². The largest absolute Gasteiger partial charge is 0.246 e. The molecule has 0 aliphatic heterocycles. The molecule has 0 nitrogen and oxygen atoms in total. The minimum atomic E-state index is -0.594. The third-order valence-electron chi connectivity index (χ3n) is 1.84. The van der Waals surface area contributed by atoms with Gasteiger partial charge in [-0.3, -0.25) is 0 Å². The Morgan fingerprint density at radius 3 is 2.45 bits per heavy atom. The van der Waals surface area contributed by atoms with Crippen molar-refractivity contribution in [3.05, 3.63) is 34.6 Å². The maximum absolute atomic E-state index is 13.0. The molecule has 60 valence electrons. The first-order valence-electron chi connectivity index (χ1n) is 3.47. The summed E-state index contributed by atoms with van der Waals surface area (Å²) in [4.78, 5) is 0. The van der Waals surface area contributed by atoms with Crippen molar-refractivity contribution in [2.75, 3.05) is 0 Å². The minimum Gasteiger partial charge on any atom is -0.246 e. The molecule has 0 fully saturated rings. The standard InChI is InChI=1S/C9H10F2/c1-6-3-4-8(5-10)7(2)9(6)11/h3-4H,5H2,1-2H3. The molecule has 0 aromatic heterocycles. The molecule has 0 atom stereocenters. The van der Waals surface area contributed by atoms with Crippen LogP contribution in [0.15, 0.2) is 12.1 Å². The third kappa shape index (κ3) is 1.39. The highest BCUT2D eigenvalue weighted by molar-refractivity contribution is 5.31. The van der Waals surface area contributed by atoms with Crippen LogP contribution in [0.2, 0.25) is 0 Å². The summed E-state index contributed by atoms with van der Waals surface area (Å²) in [6.07, 6.45) is 0. The van der Waals surface area contributed by atoms with Crippen LogP contribution in [0.1, 0.15) is 16.7 Å². The van der Waals surface area contributed by atoms with Crippen molar-refractivity contribution in [3.8, 4) is 0 Å². The average Bonchev–Trinajstić information content (AvgIpc) is 2.01. The van der Waals surface area contributed by atoms with Crippen LogP contribution >= 0.6 is 0 Å². The van der Waals surface area contributed by atoms with E-state index in [2.05, 4.69) is 0 Å². The lowest BCUT2D eigenvalue weighted by Crippen LogP contribution is -1.92. The van der Waals surface area contributed by atoms with Gasteiger partial charge < -0.3 is 0 Å². The van der Waals surface area contributed by atoms with E-state index in [1.165, 1.54) is 0 Å². The van der Waals surface area contributed by atoms with Gasteiger partial charge in [0.15, 0.2) is 0 Å². The molecule has 1 aromatic carbocycles. The van der Waals surface area contributed by atoms with Gasteiger partial charge in [0.2, 0.25) is 0 Å². The SMILES string of the molecule is Cc1ccc(CF)c(C)c1F. The molecular weight excluding hydrogens is 146 g/mol. The molecule has 1 rings (SSSR count).